The number of hydrazone groups is 1. The highest BCUT2D eigenvalue weighted by atomic mass is 79.9. The molecule has 24 heavy (non-hydrogen) atoms. The second kappa shape index (κ2) is 7.42. The minimum atomic E-state index is -0.410. The third-order valence-corrected chi connectivity index (χ3v) is 4.08. The van der Waals surface area contributed by atoms with Crippen molar-refractivity contribution in [3.63, 3.8) is 0 Å². The van der Waals surface area contributed by atoms with Crippen LogP contribution in [-0.2, 0) is 0 Å². The molecule has 0 radical (unpaired) electrons. The standard InChI is InChI=1S/C17H12BrClN4O/c18-13-8-6-12(7-9-13)10-20-22-15-11-21-23(17(24)16(15)19)14-4-2-1-3-5-14/h1-11,22H/b20-10+. The summed E-state index contributed by atoms with van der Waals surface area (Å²) in [6.45, 7) is 0. The van der Waals surface area contributed by atoms with Crippen LogP contribution in [0, 0.1) is 0 Å². The molecule has 7 heteroatoms. The van der Waals surface area contributed by atoms with Crippen molar-refractivity contribution in [2.75, 3.05) is 5.43 Å². The number of benzene rings is 2. The van der Waals surface area contributed by atoms with Gasteiger partial charge in [0.15, 0.2) is 0 Å². The van der Waals surface area contributed by atoms with E-state index in [4.69, 9.17) is 11.6 Å². The zero-order valence-electron chi connectivity index (χ0n) is 12.4. The van der Waals surface area contributed by atoms with Gasteiger partial charge in [0.25, 0.3) is 5.56 Å². The summed E-state index contributed by atoms with van der Waals surface area (Å²) in [6, 6.07) is 16.7. The fraction of sp³-hybridized carbons (Fsp3) is 0. The molecule has 120 valence electrons. The maximum absolute atomic E-state index is 12.3. The van der Waals surface area contributed by atoms with Crippen LogP contribution in [0.3, 0.4) is 0 Å². The van der Waals surface area contributed by atoms with E-state index < -0.39 is 5.56 Å². The monoisotopic (exact) mass is 402 g/mol. The van der Waals surface area contributed by atoms with Gasteiger partial charge in [0.1, 0.15) is 10.7 Å². The number of halogens is 2. The average Bonchev–Trinajstić information content (AvgIpc) is 2.61. The summed E-state index contributed by atoms with van der Waals surface area (Å²) in [6.07, 6.45) is 3.10. The first kappa shape index (κ1) is 16.4. The molecule has 3 aromatic rings. The van der Waals surface area contributed by atoms with Crippen LogP contribution in [0.1, 0.15) is 5.56 Å². The number of rotatable bonds is 4. The van der Waals surface area contributed by atoms with E-state index in [1.807, 2.05) is 42.5 Å². The Kier molecular flexibility index (Phi) is 5.08. The van der Waals surface area contributed by atoms with Crippen LogP contribution in [0.4, 0.5) is 5.69 Å². The predicted molar refractivity (Wildman–Crippen MR) is 100 cm³/mol. The van der Waals surface area contributed by atoms with E-state index in [0.717, 1.165) is 10.0 Å². The number of para-hydroxylation sites is 1. The van der Waals surface area contributed by atoms with Crippen molar-refractivity contribution in [2.45, 2.75) is 0 Å². The van der Waals surface area contributed by atoms with Gasteiger partial charge in [-0.1, -0.05) is 57.9 Å². The zero-order chi connectivity index (χ0) is 16.9. The summed E-state index contributed by atoms with van der Waals surface area (Å²) in [5.41, 5.74) is 4.24. The maximum Gasteiger partial charge on any atom is 0.292 e. The van der Waals surface area contributed by atoms with E-state index in [-0.39, 0.29) is 5.02 Å². The smallest absolute Gasteiger partial charge is 0.275 e. The minimum Gasteiger partial charge on any atom is -0.275 e. The van der Waals surface area contributed by atoms with Crippen LogP contribution in [0.15, 0.2) is 75.2 Å². The molecule has 0 amide bonds. The van der Waals surface area contributed by atoms with Gasteiger partial charge in [-0.05, 0) is 29.8 Å². The van der Waals surface area contributed by atoms with Crippen molar-refractivity contribution in [2.24, 2.45) is 5.10 Å². The Morgan fingerprint density at radius 2 is 1.83 bits per heavy atom. The van der Waals surface area contributed by atoms with Crippen LogP contribution in [0.25, 0.3) is 5.69 Å². The summed E-state index contributed by atoms with van der Waals surface area (Å²) in [4.78, 5) is 12.3. The normalized spacial score (nSPS) is 10.9. The van der Waals surface area contributed by atoms with Gasteiger partial charge in [-0.2, -0.15) is 14.9 Å². The van der Waals surface area contributed by atoms with Crippen molar-refractivity contribution in [1.82, 2.24) is 9.78 Å². The summed E-state index contributed by atoms with van der Waals surface area (Å²) < 4.78 is 2.23. The molecule has 0 aliphatic carbocycles. The quantitative estimate of drug-likeness (QED) is 0.527. The Balaban J connectivity index is 1.81. The molecule has 0 aliphatic heterocycles. The fourth-order valence-corrected chi connectivity index (χ4v) is 2.42. The lowest BCUT2D eigenvalue weighted by Crippen LogP contribution is -2.22. The van der Waals surface area contributed by atoms with E-state index in [1.54, 1.807) is 18.3 Å². The minimum absolute atomic E-state index is 0.0295. The summed E-state index contributed by atoms with van der Waals surface area (Å²) in [7, 11) is 0. The van der Waals surface area contributed by atoms with E-state index in [0.29, 0.717) is 11.4 Å². The molecule has 0 fully saturated rings. The van der Waals surface area contributed by atoms with Crippen LogP contribution in [0.2, 0.25) is 5.02 Å². The molecule has 0 spiro atoms. The lowest BCUT2D eigenvalue weighted by atomic mass is 10.2. The largest absolute Gasteiger partial charge is 0.292 e. The summed E-state index contributed by atoms with van der Waals surface area (Å²) in [5.74, 6) is 0. The first-order valence-electron chi connectivity index (χ1n) is 7.03. The number of nitrogens with one attached hydrogen (secondary N) is 1. The molecule has 1 heterocycles. The van der Waals surface area contributed by atoms with Crippen molar-refractivity contribution in [3.8, 4) is 5.69 Å². The van der Waals surface area contributed by atoms with Crippen molar-refractivity contribution >= 4 is 39.4 Å². The Morgan fingerprint density at radius 3 is 2.54 bits per heavy atom. The molecule has 1 aromatic heterocycles. The van der Waals surface area contributed by atoms with Crippen LogP contribution in [0.5, 0.6) is 0 Å². The molecule has 3 rings (SSSR count). The second-order valence-corrected chi connectivity index (χ2v) is 6.14. The number of hydrogen-bond donors (Lipinski definition) is 1. The average molecular weight is 404 g/mol. The van der Waals surface area contributed by atoms with Gasteiger partial charge in [0, 0.05) is 4.47 Å². The van der Waals surface area contributed by atoms with Gasteiger partial charge >= 0.3 is 0 Å². The number of aromatic nitrogens is 2. The number of nitrogens with zero attached hydrogens (tertiary/aromatic N) is 3. The predicted octanol–water partition coefficient (Wildman–Crippen LogP) is 4.09. The van der Waals surface area contributed by atoms with E-state index >= 15 is 0 Å². The highest BCUT2D eigenvalue weighted by Crippen LogP contribution is 2.16. The molecule has 0 atom stereocenters. The molecular weight excluding hydrogens is 392 g/mol. The molecule has 1 N–H and O–H groups in total. The molecule has 0 saturated carbocycles. The first-order chi connectivity index (χ1) is 11.6. The zero-order valence-corrected chi connectivity index (χ0v) is 14.7. The van der Waals surface area contributed by atoms with Gasteiger partial charge in [-0.3, -0.25) is 10.2 Å². The van der Waals surface area contributed by atoms with Gasteiger partial charge in [-0.25, -0.2) is 0 Å². The Labute approximate surface area is 151 Å². The lowest BCUT2D eigenvalue weighted by molar-refractivity contribution is 0.808. The molecule has 0 bridgehead atoms. The van der Waals surface area contributed by atoms with E-state index in [1.165, 1.54) is 10.9 Å². The fourth-order valence-electron chi connectivity index (χ4n) is 1.99. The van der Waals surface area contributed by atoms with Crippen molar-refractivity contribution in [1.29, 1.82) is 0 Å². The lowest BCUT2D eigenvalue weighted by Gasteiger charge is -2.07. The maximum atomic E-state index is 12.3. The molecule has 0 aliphatic rings. The molecule has 0 saturated heterocycles. The number of anilines is 1. The first-order valence-corrected chi connectivity index (χ1v) is 8.20. The van der Waals surface area contributed by atoms with E-state index in [9.17, 15) is 4.79 Å². The van der Waals surface area contributed by atoms with Gasteiger partial charge < -0.3 is 0 Å². The molecule has 0 unspecified atom stereocenters. The molecule has 5 nitrogen and oxygen atoms in total. The highest BCUT2D eigenvalue weighted by Gasteiger charge is 2.09. The third-order valence-electron chi connectivity index (χ3n) is 3.19. The van der Waals surface area contributed by atoms with E-state index in [2.05, 4.69) is 31.6 Å². The molecule has 2 aromatic carbocycles. The van der Waals surface area contributed by atoms with Crippen LogP contribution < -0.4 is 11.0 Å². The topological polar surface area (TPSA) is 59.3 Å². The van der Waals surface area contributed by atoms with Crippen LogP contribution in [-0.4, -0.2) is 16.0 Å². The number of hydrogen-bond acceptors (Lipinski definition) is 4. The third kappa shape index (κ3) is 3.72. The Morgan fingerprint density at radius 1 is 1.12 bits per heavy atom. The second-order valence-electron chi connectivity index (χ2n) is 4.85. The summed E-state index contributed by atoms with van der Waals surface area (Å²) >= 11 is 9.51. The Bertz CT molecular complexity index is 924. The van der Waals surface area contributed by atoms with Crippen molar-refractivity contribution < 1.29 is 0 Å². The highest BCUT2D eigenvalue weighted by molar-refractivity contribution is 9.10. The summed E-state index contributed by atoms with van der Waals surface area (Å²) in [5, 5.41) is 8.24. The van der Waals surface area contributed by atoms with Gasteiger partial charge in [0.2, 0.25) is 0 Å². The molecular formula is C17H12BrClN4O. The van der Waals surface area contributed by atoms with Crippen molar-refractivity contribution in [3.05, 3.63) is 86.2 Å². The Hall–Kier alpha value is -2.44. The SMILES string of the molecule is O=c1c(Cl)c(N/N=C/c2ccc(Br)cc2)cnn1-c1ccccc1. The van der Waals surface area contributed by atoms with Gasteiger partial charge in [-0.15, -0.1) is 0 Å². The van der Waals surface area contributed by atoms with Crippen LogP contribution >= 0.6 is 27.5 Å². The van der Waals surface area contributed by atoms with Gasteiger partial charge in [0.05, 0.1) is 18.1 Å².